The first-order valence-electron chi connectivity index (χ1n) is 7.57. The summed E-state index contributed by atoms with van der Waals surface area (Å²) in [7, 11) is 1.60. The van der Waals surface area contributed by atoms with Gasteiger partial charge in [-0.05, 0) is 24.3 Å². The largest absolute Gasteiger partial charge is 0.481 e. The van der Waals surface area contributed by atoms with Gasteiger partial charge in [0.05, 0.1) is 19.8 Å². The van der Waals surface area contributed by atoms with Crippen molar-refractivity contribution in [2.75, 3.05) is 26.9 Å². The lowest BCUT2D eigenvalue weighted by Gasteiger charge is -2.13. The SMILES string of the molecule is COc1ccc(CNCC(O)COCCCC(C)C)cn1. The Hall–Kier alpha value is -1.17. The summed E-state index contributed by atoms with van der Waals surface area (Å²) in [5.41, 5.74) is 1.06. The number of aliphatic hydroxyl groups is 1. The molecule has 2 N–H and O–H groups in total. The van der Waals surface area contributed by atoms with Crippen molar-refractivity contribution in [3.05, 3.63) is 23.9 Å². The predicted octanol–water partition coefficient (Wildman–Crippen LogP) is 1.99. The molecule has 0 aliphatic carbocycles. The van der Waals surface area contributed by atoms with E-state index in [-0.39, 0.29) is 0 Å². The minimum atomic E-state index is -0.477. The molecule has 1 unspecified atom stereocenters. The summed E-state index contributed by atoms with van der Waals surface area (Å²) in [6, 6.07) is 3.78. The number of ether oxygens (including phenoxy) is 2. The van der Waals surface area contributed by atoms with Crippen molar-refractivity contribution in [3.8, 4) is 5.88 Å². The topological polar surface area (TPSA) is 63.6 Å². The molecular formula is C16H28N2O3. The maximum Gasteiger partial charge on any atom is 0.212 e. The molecule has 120 valence electrons. The van der Waals surface area contributed by atoms with Crippen LogP contribution in [0, 0.1) is 5.92 Å². The van der Waals surface area contributed by atoms with Crippen LogP contribution < -0.4 is 10.1 Å². The second kappa shape index (κ2) is 10.5. The van der Waals surface area contributed by atoms with Crippen LogP contribution in [0.2, 0.25) is 0 Å². The number of hydrogen-bond donors (Lipinski definition) is 2. The first-order chi connectivity index (χ1) is 10.1. The minimum Gasteiger partial charge on any atom is -0.481 e. The Balaban J connectivity index is 2.05. The quantitative estimate of drug-likeness (QED) is 0.612. The molecule has 0 saturated carbocycles. The Labute approximate surface area is 127 Å². The van der Waals surface area contributed by atoms with Gasteiger partial charge >= 0.3 is 0 Å². The van der Waals surface area contributed by atoms with Gasteiger partial charge in [0.25, 0.3) is 0 Å². The standard InChI is InChI=1S/C16H28N2O3/c1-13(2)5-4-8-21-12-15(19)11-17-9-14-6-7-16(20-3)18-10-14/h6-7,10,13,15,17,19H,4-5,8-9,11-12H2,1-3H3. The Morgan fingerprint density at radius 2 is 2.14 bits per heavy atom. The molecule has 0 fully saturated rings. The summed E-state index contributed by atoms with van der Waals surface area (Å²) in [6.07, 6.45) is 3.50. The van der Waals surface area contributed by atoms with Gasteiger partial charge < -0.3 is 19.9 Å². The maximum absolute atomic E-state index is 9.79. The molecule has 1 heterocycles. The van der Waals surface area contributed by atoms with E-state index in [0.717, 1.165) is 18.6 Å². The van der Waals surface area contributed by atoms with Crippen LogP contribution in [0.15, 0.2) is 18.3 Å². The highest BCUT2D eigenvalue weighted by molar-refractivity contribution is 5.17. The number of nitrogens with one attached hydrogen (secondary N) is 1. The van der Waals surface area contributed by atoms with Crippen molar-refractivity contribution in [1.82, 2.24) is 10.3 Å². The molecule has 0 radical (unpaired) electrons. The van der Waals surface area contributed by atoms with Gasteiger partial charge in [-0.1, -0.05) is 19.9 Å². The van der Waals surface area contributed by atoms with Gasteiger partial charge in [-0.25, -0.2) is 4.98 Å². The van der Waals surface area contributed by atoms with Crippen LogP contribution in [0.5, 0.6) is 5.88 Å². The number of aromatic nitrogens is 1. The molecule has 1 atom stereocenters. The molecule has 1 aromatic rings. The van der Waals surface area contributed by atoms with Crippen molar-refractivity contribution in [3.63, 3.8) is 0 Å². The molecule has 1 aromatic heterocycles. The van der Waals surface area contributed by atoms with Gasteiger partial charge in [0, 0.05) is 32.0 Å². The highest BCUT2D eigenvalue weighted by Gasteiger charge is 2.04. The van der Waals surface area contributed by atoms with Gasteiger partial charge in [0.2, 0.25) is 5.88 Å². The number of hydrogen-bond acceptors (Lipinski definition) is 5. The molecule has 0 saturated heterocycles. The summed E-state index contributed by atoms with van der Waals surface area (Å²) in [6.45, 7) is 6.68. The highest BCUT2D eigenvalue weighted by Crippen LogP contribution is 2.06. The zero-order valence-electron chi connectivity index (χ0n) is 13.3. The second-order valence-corrected chi connectivity index (χ2v) is 5.60. The van der Waals surface area contributed by atoms with E-state index in [2.05, 4.69) is 24.1 Å². The third-order valence-electron chi connectivity index (χ3n) is 3.10. The van der Waals surface area contributed by atoms with Crippen LogP contribution in [0.1, 0.15) is 32.3 Å². The summed E-state index contributed by atoms with van der Waals surface area (Å²) in [4.78, 5) is 4.13. The van der Waals surface area contributed by atoms with Gasteiger partial charge in [0.1, 0.15) is 0 Å². The molecule has 0 bridgehead atoms. The summed E-state index contributed by atoms with van der Waals surface area (Å²) < 4.78 is 10.5. The normalized spacial score (nSPS) is 12.6. The van der Waals surface area contributed by atoms with E-state index in [1.807, 2.05) is 12.1 Å². The van der Waals surface area contributed by atoms with Gasteiger partial charge in [0.15, 0.2) is 0 Å². The average molecular weight is 296 g/mol. The smallest absolute Gasteiger partial charge is 0.212 e. The van der Waals surface area contributed by atoms with E-state index in [1.54, 1.807) is 13.3 Å². The van der Waals surface area contributed by atoms with Crippen molar-refractivity contribution in [1.29, 1.82) is 0 Å². The first-order valence-corrected chi connectivity index (χ1v) is 7.57. The molecule has 0 spiro atoms. The van der Waals surface area contributed by atoms with Crippen LogP contribution in [0.4, 0.5) is 0 Å². The zero-order valence-corrected chi connectivity index (χ0v) is 13.3. The zero-order chi connectivity index (χ0) is 15.5. The lowest BCUT2D eigenvalue weighted by atomic mass is 10.1. The van der Waals surface area contributed by atoms with Crippen molar-refractivity contribution >= 4 is 0 Å². The summed E-state index contributed by atoms with van der Waals surface area (Å²) in [5, 5.41) is 13.0. The van der Waals surface area contributed by atoms with E-state index in [4.69, 9.17) is 9.47 Å². The fraction of sp³-hybridized carbons (Fsp3) is 0.688. The molecule has 0 aliphatic rings. The fourth-order valence-electron chi connectivity index (χ4n) is 1.89. The highest BCUT2D eigenvalue weighted by atomic mass is 16.5. The van der Waals surface area contributed by atoms with E-state index < -0.39 is 6.10 Å². The number of pyridine rings is 1. The Morgan fingerprint density at radius 3 is 2.76 bits per heavy atom. The van der Waals surface area contributed by atoms with Crippen molar-refractivity contribution in [2.24, 2.45) is 5.92 Å². The molecule has 0 aromatic carbocycles. The monoisotopic (exact) mass is 296 g/mol. The van der Waals surface area contributed by atoms with Crippen LogP contribution in [-0.2, 0) is 11.3 Å². The van der Waals surface area contributed by atoms with Crippen LogP contribution in [0.3, 0.4) is 0 Å². The van der Waals surface area contributed by atoms with E-state index in [9.17, 15) is 5.11 Å². The van der Waals surface area contributed by atoms with Gasteiger partial charge in [-0.15, -0.1) is 0 Å². The van der Waals surface area contributed by atoms with Gasteiger partial charge in [-0.3, -0.25) is 0 Å². The number of rotatable bonds is 11. The lowest BCUT2D eigenvalue weighted by Crippen LogP contribution is -2.30. The molecular weight excluding hydrogens is 268 g/mol. The first kappa shape index (κ1) is 17.9. The number of nitrogens with zero attached hydrogens (tertiary/aromatic N) is 1. The maximum atomic E-state index is 9.79. The second-order valence-electron chi connectivity index (χ2n) is 5.60. The van der Waals surface area contributed by atoms with Crippen LogP contribution in [0.25, 0.3) is 0 Å². The molecule has 0 aliphatic heterocycles. The molecule has 21 heavy (non-hydrogen) atoms. The lowest BCUT2D eigenvalue weighted by molar-refractivity contribution is 0.0346. The van der Waals surface area contributed by atoms with E-state index >= 15 is 0 Å². The summed E-state index contributed by atoms with van der Waals surface area (Å²) >= 11 is 0. The number of methoxy groups -OCH3 is 1. The summed E-state index contributed by atoms with van der Waals surface area (Å²) in [5.74, 6) is 1.31. The van der Waals surface area contributed by atoms with E-state index in [0.29, 0.717) is 31.5 Å². The van der Waals surface area contributed by atoms with E-state index in [1.165, 1.54) is 6.42 Å². The van der Waals surface area contributed by atoms with Crippen molar-refractivity contribution in [2.45, 2.75) is 39.3 Å². The average Bonchev–Trinajstić information content (AvgIpc) is 2.47. The predicted molar refractivity (Wildman–Crippen MR) is 83.4 cm³/mol. The Bertz CT molecular complexity index is 368. The van der Waals surface area contributed by atoms with Crippen LogP contribution >= 0.6 is 0 Å². The molecule has 5 nitrogen and oxygen atoms in total. The molecule has 1 rings (SSSR count). The third kappa shape index (κ3) is 8.65. The minimum absolute atomic E-state index is 0.381. The van der Waals surface area contributed by atoms with Crippen molar-refractivity contribution < 1.29 is 14.6 Å². The Kier molecular flexibility index (Phi) is 8.98. The molecule has 0 amide bonds. The molecule has 5 heteroatoms. The number of aliphatic hydroxyl groups excluding tert-OH is 1. The fourth-order valence-corrected chi connectivity index (χ4v) is 1.89. The van der Waals surface area contributed by atoms with Gasteiger partial charge in [-0.2, -0.15) is 0 Å². The van der Waals surface area contributed by atoms with Crippen LogP contribution in [-0.4, -0.2) is 43.1 Å². The third-order valence-corrected chi connectivity index (χ3v) is 3.10. The Morgan fingerprint density at radius 1 is 1.33 bits per heavy atom.